The van der Waals surface area contributed by atoms with E-state index < -0.39 is 14.9 Å². The normalized spacial score (nSPS) is 13.2. The lowest BCUT2D eigenvalue weighted by atomic mass is 10.1. The van der Waals surface area contributed by atoms with Gasteiger partial charge < -0.3 is 9.32 Å². The molecule has 29 heavy (non-hydrogen) atoms. The van der Waals surface area contributed by atoms with Crippen LogP contribution in [-0.2, 0) is 16.4 Å². The van der Waals surface area contributed by atoms with E-state index in [1.807, 2.05) is 0 Å². The highest BCUT2D eigenvalue weighted by molar-refractivity contribution is 7.92. The Kier molecular flexibility index (Phi) is 4.55. The third-order valence-electron chi connectivity index (χ3n) is 4.55. The van der Waals surface area contributed by atoms with Gasteiger partial charge in [0.05, 0.1) is 21.8 Å². The Morgan fingerprint density at radius 2 is 1.97 bits per heavy atom. The highest BCUT2D eigenvalue weighted by atomic mass is 32.2. The molecular formula is C19H15N3O6S. The van der Waals surface area contributed by atoms with Gasteiger partial charge in [0.2, 0.25) is 0 Å². The van der Waals surface area contributed by atoms with Crippen LogP contribution in [0.5, 0.6) is 0 Å². The molecule has 1 amide bonds. The van der Waals surface area contributed by atoms with E-state index in [1.54, 1.807) is 30.3 Å². The number of hydrogen-bond acceptors (Lipinski definition) is 6. The molecule has 10 heteroatoms. The minimum atomic E-state index is -4.04. The van der Waals surface area contributed by atoms with E-state index in [2.05, 4.69) is 4.72 Å². The summed E-state index contributed by atoms with van der Waals surface area (Å²) in [6.45, 7) is 0.454. The van der Waals surface area contributed by atoms with Crippen LogP contribution in [0.15, 0.2) is 70.2 Å². The van der Waals surface area contributed by atoms with Crippen LogP contribution in [0.3, 0.4) is 0 Å². The Morgan fingerprint density at radius 3 is 2.69 bits per heavy atom. The summed E-state index contributed by atoms with van der Waals surface area (Å²) >= 11 is 0. The number of anilines is 2. The summed E-state index contributed by atoms with van der Waals surface area (Å²) in [6.07, 6.45) is 2.05. The molecule has 1 N–H and O–H groups in total. The Morgan fingerprint density at radius 1 is 1.14 bits per heavy atom. The first-order valence-corrected chi connectivity index (χ1v) is 10.1. The molecule has 1 aliphatic rings. The molecular weight excluding hydrogens is 398 g/mol. The van der Waals surface area contributed by atoms with Crippen LogP contribution in [0.25, 0.3) is 0 Å². The summed E-state index contributed by atoms with van der Waals surface area (Å²) in [4.78, 5) is 24.2. The van der Waals surface area contributed by atoms with Gasteiger partial charge in [0.1, 0.15) is 0 Å². The first-order valence-electron chi connectivity index (χ1n) is 8.61. The van der Waals surface area contributed by atoms with Crippen LogP contribution < -0.4 is 9.62 Å². The molecule has 1 aliphatic heterocycles. The number of amides is 1. The number of nitrogens with zero attached hydrogens (tertiary/aromatic N) is 2. The number of nitro benzene ring substituents is 1. The van der Waals surface area contributed by atoms with Crippen molar-refractivity contribution in [3.8, 4) is 0 Å². The fourth-order valence-electron chi connectivity index (χ4n) is 3.17. The van der Waals surface area contributed by atoms with Gasteiger partial charge in [-0.05, 0) is 42.3 Å². The average molecular weight is 413 g/mol. The molecule has 1 aromatic heterocycles. The molecule has 2 aromatic carbocycles. The van der Waals surface area contributed by atoms with E-state index in [1.165, 1.54) is 29.4 Å². The molecule has 0 aliphatic carbocycles. The van der Waals surface area contributed by atoms with Gasteiger partial charge in [-0.1, -0.05) is 12.1 Å². The molecule has 9 nitrogen and oxygen atoms in total. The molecule has 0 atom stereocenters. The van der Waals surface area contributed by atoms with Gasteiger partial charge in [-0.3, -0.25) is 19.6 Å². The number of carbonyl (C=O) groups excluding carboxylic acids is 1. The lowest BCUT2D eigenvalue weighted by Crippen LogP contribution is -2.28. The van der Waals surface area contributed by atoms with Crippen molar-refractivity contribution in [2.45, 2.75) is 11.3 Å². The minimum Gasteiger partial charge on any atom is -0.459 e. The molecule has 3 aromatic rings. The van der Waals surface area contributed by atoms with Crippen LogP contribution in [0.1, 0.15) is 16.1 Å². The zero-order valence-electron chi connectivity index (χ0n) is 14.9. The van der Waals surface area contributed by atoms with Gasteiger partial charge in [-0.15, -0.1) is 0 Å². The SMILES string of the molecule is O=C(c1ccco1)N1CCc2ccc(NS(=O)(=O)c3cccc([N+](=O)[O-])c3)cc21. The van der Waals surface area contributed by atoms with E-state index in [0.29, 0.717) is 18.7 Å². The number of sulfonamides is 1. The number of fused-ring (bicyclic) bond motifs is 1. The number of carbonyl (C=O) groups is 1. The maximum atomic E-state index is 12.6. The lowest BCUT2D eigenvalue weighted by molar-refractivity contribution is -0.385. The first-order chi connectivity index (χ1) is 13.8. The minimum absolute atomic E-state index is 0.195. The van der Waals surface area contributed by atoms with Crippen LogP contribution in [0, 0.1) is 10.1 Å². The van der Waals surface area contributed by atoms with Crippen molar-refractivity contribution < 1.29 is 22.6 Å². The smallest absolute Gasteiger partial charge is 0.293 e. The summed E-state index contributed by atoms with van der Waals surface area (Å²) in [7, 11) is -4.04. The highest BCUT2D eigenvalue weighted by Gasteiger charge is 2.28. The number of non-ortho nitro benzene ring substituents is 1. The second-order valence-electron chi connectivity index (χ2n) is 6.39. The van der Waals surface area contributed by atoms with Gasteiger partial charge in [-0.25, -0.2) is 8.42 Å². The Hall–Kier alpha value is -3.66. The zero-order valence-corrected chi connectivity index (χ0v) is 15.8. The van der Waals surface area contributed by atoms with Crippen molar-refractivity contribution >= 4 is 33.0 Å². The van der Waals surface area contributed by atoms with Crippen molar-refractivity contribution in [2.24, 2.45) is 0 Å². The van der Waals surface area contributed by atoms with Crippen molar-refractivity contribution in [1.82, 2.24) is 0 Å². The topological polar surface area (TPSA) is 123 Å². The first kappa shape index (κ1) is 18.7. The molecule has 0 saturated heterocycles. The van der Waals surface area contributed by atoms with Crippen molar-refractivity contribution in [3.05, 3.63) is 82.3 Å². The fourth-order valence-corrected chi connectivity index (χ4v) is 4.25. The van der Waals surface area contributed by atoms with E-state index in [-0.39, 0.29) is 27.9 Å². The third kappa shape index (κ3) is 3.57. The van der Waals surface area contributed by atoms with E-state index in [4.69, 9.17) is 4.42 Å². The second-order valence-corrected chi connectivity index (χ2v) is 8.07. The standard InChI is InChI=1S/C19H15N3O6S/c23-19(18-5-2-10-28-18)21-9-8-13-6-7-14(11-17(13)21)20-29(26,27)16-4-1-3-15(12-16)22(24)25/h1-7,10-12,20H,8-9H2. The fraction of sp³-hybridized carbons (Fsp3) is 0.105. The van der Waals surface area contributed by atoms with Crippen molar-refractivity contribution in [1.29, 1.82) is 0 Å². The van der Waals surface area contributed by atoms with Crippen LogP contribution >= 0.6 is 0 Å². The summed E-state index contributed by atoms with van der Waals surface area (Å²) in [5.41, 5.74) is 1.42. The zero-order chi connectivity index (χ0) is 20.6. The van der Waals surface area contributed by atoms with E-state index in [9.17, 15) is 23.3 Å². The largest absolute Gasteiger partial charge is 0.459 e. The second kappa shape index (κ2) is 7.06. The van der Waals surface area contributed by atoms with Gasteiger partial charge in [-0.2, -0.15) is 0 Å². The lowest BCUT2D eigenvalue weighted by Gasteiger charge is -2.17. The third-order valence-corrected chi connectivity index (χ3v) is 5.93. The molecule has 0 unspecified atom stereocenters. The Balaban J connectivity index is 1.63. The number of hydrogen-bond donors (Lipinski definition) is 1. The Bertz CT molecular complexity index is 1200. The van der Waals surface area contributed by atoms with Gasteiger partial charge in [0, 0.05) is 24.4 Å². The number of furan rings is 1. The summed E-state index contributed by atoms with van der Waals surface area (Å²) in [5, 5.41) is 10.9. The number of rotatable bonds is 5. The molecule has 2 heterocycles. The van der Waals surface area contributed by atoms with Gasteiger partial charge in [0.15, 0.2) is 5.76 Å². The molecule has 4 rings (SSSR count). The summed E-state index contributed by atoms with van der Waals surface area (Å²) < 4.78 is 32.9. The van der Waals surface area contributed by atoms with Crippen LogP contribution in [0.2, 0.25) is 0 Å². The quantitative estimate of drug-likeness (QED) is 0.506. The maximum Gasteiger partial charge on any atom is 0.293 e. The molecule has 0 bridgehead atoms. The molecule has 0 radical (unpaired) electrons. The van der Waals surface area contributed by atoms with Gasteiger partial charge >= 0.3 is 0 Å². The van der Waals surface area contributed by atoms with E-state index in [0.717, 1.165) is 11.6 Å². The van der Waals surface area contributed by atoms with Gasteiger partial charge in [0.25, 0.3) is 21.6 Å². The average Bonchev–Trinajstić information content (AvgIpc) is 3.37. The van der Waals surface area contributed by atoms with E-state index >= 15 is 0 Å². The van der Waals surface area contributed by atoms with Crippen molar-refractivity contribution in [3.63, 3.8) is 0 Å². The molecule has 0 saturated carbocycles. The van der Waals surface area contributed by atoms with Crippen LogP contribution in [-0.4, -0.2) is 25.8 Å². The summed E-state index contributed by atoms with van der Waals surface area (Å²) in [6, 6.07) is 12.9. The predicted molar refractivity (Wildman–Crippen MR) is 104 cm³/mol. The number of benzene rings is 2. The number of nitrogens with one attached hydrogen (secondary N) is 1. The predicted octanol–water partition coefficient (Wildman–Crippen LogP) is 3.19. The molecule has 0 spiro atoms. The van der Waals surface area contributed by atoms with Crippen molar-refractivity contribution in [2.75, 3.05) is 16.2 Å². The highest BCUT2D eigenvalue weighted by Crippen LogP contribution is 2.33. The maximum absolute atomic E-state index is 12.6. The number of nitro groups is 1. The van der Waals surface area contributed by atoms with Crippen LogP contribution in [0.4, 0.5) is 17.1 Å². The molecule has 148 valence electrons. The Labute approximate surface area is 165 Å². The monoisotopic (exact) mass is 413 g/mol. The molecule has 0 fully saturated rings. The summed E-state index contributed by atoms with van der Waals surface area (Å²) in [5.74, 6) is -0.118.